The quantitative estimate of drug-likeness (QED) is 0.202. The molecule has 1 fully saturated rings. The topological polar surface area (TPSA) is 80.3 Å². The highest BCUT2D eigenvalue weighted by Gasteiger charge is 2.42. The number of likely N-dealkylation sites (tertiary alicyclic amines) is 1. The van der Waals surface area contributed by atoms with Gasteiger partial charge in [0.25, 0.3) is 0 Å². The fourth-order valence-corrected chi connectivity index (χ4v) is 5.18. The molecule has 0 radical (unpaired) electrons. The molecule has 1 aliphatic heterocycles. The number of amides is 1. The lowest BCUT2D eigenvalue weighted by Gasteiger charge is -2.42. The molecule has 0 saturated carbocycles. The van der Waals surface area contributed by atoms with Gasteiger partial charge in [0.05, 0.1) is 0 Å². The average Bonchev–Trinajstić information content (AvgIpc) is 2.96. The molecule has 0 aromatic heterocycles. The maximum Gasteiger partial charge on any atom is 0.573 e. The molecule has 3 aromatic rings. The Labute approximate surface area is 249 Å². The van der Waals surface area contributed by atoms with E-state index < -0.39 is 41.8 Å². The first-order valence-corrected chi connectivity index (χ1v) is 13.4. The summed E-state index contributed by atoms with van der Waals surface area (Å²) in [5.41, 5.74) is 0.276. The van der Waals surface area contributed by atoms with Gasteiger partial charge in [0.2, 0.25) is 0 Å². The number of piperidine rings is 1. The summed E-state index contributed by atoms with van der Waals surface area (Å²) in [4.78, 5) is 13.8. The lowest BCUT2D eigenvalue weighted by Crippen LogP contribution is -2.44. The van der Waals surface area contributed by atoms with E-state index in [0.29, 0.717) is 38.2 Å². The molecule has 4 rings (SSSR count). The van der Waals surface area contributed by atoms with E-state index in [1.807, 2.05) is 12.1 Å². The van der Waals surface area contributed by atoms with Crippen LogP contribution >= 0.6 is 0 Å². The number of hydrogen-bond donors (Lipinski definition) is 2. The van der Waals surface area contributed by atoms with Gasteiger partial charge in [-0.15, -0.1) is 32.8 Å². The third-order valence-electron chi connectivity index (χ3n) is 7.13. The molecule has 1 aliphatic rings. The molecule has 1 heterocycles. The average molecular weight is 623 g/mol. The number of nitrogens with one attached hydrogen (secondary N) is 1. The third kappa shape index (κ3) is 8.81. The number of halogens is 6. The summed E-state index contributed by atoms with van der Waals surface area (Å²) >= 11 is 0. The molecule has 0 unspecified atom stereocenters. The summed E-state index contributed by atoms with van der Waals surface area (Å²) in [5, 5.41) is 14.7. The number of terminal acetylenes is 1. The molecule has 0 spiro atoms. The Morgan fingerprint density at radius 2 is 1.32 bits per heavy atom. The second kappa shape index (κ2) is 13.5. The van der Waals surface area contributed by atoms with Gasteiger partial charge in [-0.1, -0.05) is 42.3 Å². The van der Waals surface area contributed by atoms with Crippen molar-refractivity contribution < 1.29 is 50.5 Å². The van der Waals surface area contributed by atoms with Gasteiger partial charge in [0.1, 0.15) is 17.1 Å². The summed E-state index contributed by atoms with van der Waals surface area (Å²) < 4.78 is 88.8. The van der Waals surface area contributed by atoms with E-state index in [4.69, 9.17) is 11.2 Å². The van der Waals surface area contributed by atoms with E-state index >= 15 is 0 Å². The molecular weight excluding hydrogens is 594 g/mol. The Bertz CT molecular complexity index is 1370. The van der Waals surface area contributed by atoms with Crippen molar-refractivity contribution in [2.75, 3.05) is 25.0 Å². The maximum atomic E-state index is 12.7. The van der Waals surface area contributed by atoms with Crippen LogP contribution in [0.5, 0.6) is 11.5 Å². The molecule has 0 bridgehead atoms. The van der Waals surface area contributed by atoms with Crippen molar-refractivity contribution in [3.05, 3.63) is 89.5 Å². The van der Waals surface area contributed by atoms with E-state index in [9.17, 15) is 36.2 Å². The van der Waals surface area contributed by atoms with Crippen molar-refractivity contribution in [1.82, 2.24) is 4.90 Å². The maximum absolute atomic E-state index is 12.7. The minimum Gasteiger partial charge on any atom is -0.436 e. The van der Waals surface area contributed by atoms with Gasteiger partial charge in [-0.2, -0.15) is 0 Å². The number of carbonyl (C=O) groups excluding carboxylic acids is 1. The fraction of sp³-hybridized carbons (Fsp3) is 0.323. The van der Waals surface area contributed by atoms with Gasteiger partial charge >= 0.3 is 18.8 Å². The zero-order valence-corrected chi connectivity index (χ0v) is 23.1. The normalized spacial score (nSPS) is 14.9. The summed E-state index contributed by atoms with van der Waals surface area (Å²) in [6, 6.07) is 16.7. The first-order chi connectivity index (χ1) is 20.7. The van der Waals surface area contributed by atoms with E-state index in [0.717, 1.165) is 29.8 Å². The van der Waals surface area contributed by atoms with Crippen molar-refractivity contribution in [2.24, 2.45) is 5.92 Å². The second-order valence-corrected chi connectivity index (χ2v) is 10.1. The van der Waals surface area contributed by atoms with Crippen LogP contribution < -0.4 is 14.8 Å². The first kappa shape index (κ1) is 32.5. The van der Waals surface area contributed by atoms with Crippen LogP contribution in [0.1, 0.15) is 29.5 Å². The van der Waals surface area contributed by atoms with Crippen molar-refractivity contribution >= 4 is 11.8 Å². The standard InChI is InChI=1S/C31H28F6N2O5/c1-2-19-42-28(40)38-25-9-3-21(4-10-25)20-39-17-15-24(16-18-39)29(41,22-5-11-26(12-6-22)43-30(32,33)34)23-7-13-27(14-8-23)44-31(35,36)37/h1,3-14,24,41H,15-20H2,(H,38,40). The van der Waals surface area contributed by atoms with Gasteiger partial charge < -0.3 is 19.3 Å². The number of rotatable bonds is 9. The lowest BCUT2D eigenvalue weighted by atomic mass is 9.72. The van der Waals surface area contributed by atoms with Crippen LogP contribution in [0.4, 0.5) is 36.8 Å². The highest BCUT2D eigenvalue weighted by molar-refractivity contribution is 5.84. The van der Waals surface area contributed by atoms with Crippen molar-refractivity contribution in [2.45, 2.75) is 37.7 Å². The highest BCUT2D eigenvalue weighted by Crippen LogP contribution is 2.43. The minimum atomic E-state index is -4.90. The van der Waals surface area contributed by atoms with Gasteiger partial charge in [-0.05, 0) is 84.9 Å². The van der Waals surface area contributed by atoms with Crippen LogP contribution in [0, 0.1) is 18.3 Å². The molecule has 7 nitrogen and oxygen atoms in total. The van der Waals surface area contributed by atoms with E-state index in [1.54, 1.807) is 12.1 Å². The monoisotopic (exact) mass is 622 g/mol. The minimum absolute atomic E-state index is 0.148. The molecule has 13 heteroatoms. The third-order valence-corrected chi connectivity index (χ3v) is 7.13. The molecular formula is C31H28F6N2O5. The summed E-state index contributed by atoms with van der Waals surface area (Å²) in [5.74, 6) is 0.824. The molecule has 0 atom stereocenters. The Hall–Kier alpha value is -4.41. The smallest absolute Gasteiger partial charge is 0.436 e. The van der Waals surface area contributed by atoms with E-state index in [-0.39, 0.29) is 17.7 Å². The zero-order valence-electron chi connectivity index (χ0n) is 23.1. The zero-order chi connectivity index (χ0) is 32.0. The number of carbonyl (C=O) groups is 1. The largest absolute Gasteiger partial charge is 0.573 e. The van der Waals surface area contributed by atoms with Gasteiger partial charge in [0.15, 0.2) is 6.61 Å². The van der Waals surface area contributed by atoms with Crippen LogP contribution in [-0.2, 0) is 16.9 Å². The van der Waals surface area contributed by atoms with Gasteiger partial charge in [0, 0.05) is 12.2 Å². The number of alkyl halides is 6. The van der Waals surface area contributed by atoms with Crippen LogP contribution in [-0.4, -0.2) is 48.5 Å². The number of anilines is 1. The van der Waals surface area contributed by atoms with E-state index in [1.165, 1.54) is 24.3 Å². The highest BCUT2D eigenvalue weighted by atomic mass is 19.4. The summed E-state index contributed by atoms with van der Waals surface area (Å²) in [6.07, 6.45) is -4.46. The number of benzene rings is 3. The molecule has 1 amide bonds. The Kier molecular flexibility index (Phi) is 9.96. The Morgan fingerprint density at radius 1 is 0.841 bits per heavy atom. The molecule has 234 valence electrons. The van der Waals surface area contributed by atoms with Gasteiger partial charge in [-0.3, -0.25) is 10.2 Å². The van der Waals surface area contributed by atoms with Crippen LogP contribution in [0.2, 0.25) is 0 Å². The van der Waals surface area contributed by atoms with Crippen LogP contribution in [0.3, 0.4) is 0 Å². The van der Waals surface area contributed by atoms with E-state index in [2.05, 4.69) is 25.6 Å². The van der Waals surface area contributed by atoms with Crippen LogP contribution in [0.25, 0.3) is 0 Å². The summed E-state index contributed by atoms with van der Waals surface area (Å²) in [6.45, 7) is 1.52. The van der Waals surface area contributed by atoms with Crippen molar-refractivity contribution in [3.8, 4) is 23.8 Å². The van der Waals surface area contributed by atoms with Crippen molar-refractivity contribution in [3.63, 3.8) is 0 Å². The lowest BCUT2D eigenvalue weighted by molar-refractivity contribution is -0.275. The molecule has 44 heavy (non-hydrogen) atoms. The number of hydrogen-bond acceptors (Lipinski definition) is 6. The number of ether oxygens (including phenoxy) is 3. The van der Waals surface area contributed by atoms with Gasteiger partial charge in [-0.25, -0.2) is 4.79 Å². The molecule has 2 N–H and O–H groups in total. The molecule has 0 aliphatic carbocycles. The predicted molar refractivity (Wildman–Crippen MR) is 147 cm³/mol. The first-order valence-electron chi connectivity index (χ1n) is 13.4. The SMILES string of the molecule is C#CCOC(=O)Nc1ccc(CN2CCC(C(O)(c3ccc(OC(F)(F)F)cc3)c3ccc(OC(F)(F)F)cc3)CC2)cc1. The summed E-state index contributed by atoms with van der Waals surface area (Å²) in [7, 11) is 0. The predicted octanol–water partition coefficient (Wildman–Crippen LogP) is 6.81. The number of nitrogens with zero attached hydrogens (tertiary/aromatic N) is 1. The molecule has 3 aromatic carbocycles. The Morgan fingerprint density at radius 3 is 1.75 bits per heavy atom. The van der Waals surface area contributed by atoms with Crippen LogP contribution in [0.15, 0.2) is 72.8 Å². The van der Waals surface area contributed by atoms with Crippen molar-refractivity contribution in [1.29, 1.82) is 0 Å². The Balaban J connectivity index is 1.48. The molecule has 1 saturated heterocycles. The second-order valence-electron chi connectivity index (χ2n) is 10.1. The number of aliphatic hydroxyl groups is 1. The fourth-order valence-electron chi connectivity index (χ4n) is 5.18.